The Balaban J connectivity index is 1.79. The molecule has 0 radical (unpaired) electrons. The monoisotopic (exact) mass is 611 g/mol. The molecule has 0 bridgehead atoms. The summed E-state index contributed by atoms with van der Waals surface area (Å²) in [5.74, 6) is -0.721. The van der Waals surface area contributed by atoms with Gasteiger partial charge in [0.05, 0.1) is 19.0 Å². The zero-order valence-electron chi connectivity index (χ0n) is 24.7. The standard InChI is InChI=1S/C30H34FN5O6S/c1-18(37)17-42-23(21-15-20(31)9-10-22(21)41-5)16-34-27-24(19(2)26(43-27)35-14-8-11-32-35)25(38)36(29(34)40)30(3,4)28(39)33-12-6-7-13-33/h8-11,14-15,17,23,37H,6-7,12-13,16H2,1-5H3/b18-17+/t23-/m0/s1. The van der Waals surface area contributed by atoms with Gasteiger partial charge in [-0.1, -0.05) is 11.3 Å². The summed E-state index contributed by atoms with van der Waals surface area (Å²) in [4.78, 5) is 44.4. The number of nitrogens with zero attached hydrogens (tertiary/aromatic N) is 5. The number of hydrogen-bond acceptors (Lipinski definition) is 8. The second-order valence-electron chi connectivity index (χ2n) is 11.0. The van der Waals surface area contributed by atoms with E-state index in [2.05, 4.69) is 5.10 Å². The van der Waals surface area contributed by atoms with Crippen LogP contribution in [0.5, 0.6) is 5.75 Å². The molecule has 0 aliphatic carbocycles. The number of halogens is 1. The zero-order chi connectivity index (χ0) is 31.1. The first-order valence-electron chi connectivity index (χ1n) is 13.9. The molecule has 3 aromatic heterocycles. The summed E-state index contributed by atoms with van der Waals surface area (Å²) in [5.41, 5.74) is -1.95. The molecule has 1 atom stereocenters. The number of hydrogen-bond donors (Lipinski definition) is 1. The van der Waals surface area contributed by atoms with Gasteiger partial charge in [0.15, 0.2) is 0 Å². The molecule has 4 heterocycles. The highest BCUT2D eigenvalue weighted by Crippen LogP contribution is 2.35. The van der Waals surface area contributed by atoms with Crippen LogP contribution in [0.1, 0.15) is 50.8 Å². The van der Waals surface area contributed by atoms with E-state index in [-0.39, 0.29) is 29.2 Å². The molecule has 228 valence electrons. The van der Waals surface area contributed by atoms with E-state index in [1.165, 1.54) is 48.1 Å². The number of amides is 1. The number of rotatable bonds is 9. The second kappa shape index (κ2) is 11.7. The highest BCUT2D eigenvalue weighted by Gasteiger charge is 2.39. The lowest BCUT2D eigenvalue weighted by molar-refractivity contribution is -0.138. The lowest BCUT2D eigenvalue weighted by Crippen LogP contribution is -2.56. The van der Waals surface area contributed by atoms with Crippen LogP contribution < -0.4 is 16.0 Å². The van der Waals surface area contributed by atoms with Gasteiger partial charge in [0.2, 0.25) is 5.91 Å². The Morgan fingerprint density at radius 1 is 1.26 bits per heavy atom. The first-order chi connectivity index (χ1) is 20.4. The highest BCUT2D eigenvalue weighted by molar-refractivity contribution is 7.21. The summed E-state index contributed by atoms with van der Waals surface area (Å²) >= 11 is 1.19. The number of carbonyl (C=O) groups is 1. The Kier molecular flexibility index (Phi) is 8.19. The summed E-state index contributed by atoms with van der Waals surface area (Å²) in [6.07, 6.45) is 5.11. The Morgan fingerprint density at radius 2 is 1.98 bits per heavy atom. The predicted molar refractivity (Wildman–Crippen MR) is 161 cm³/mol. The fourth-order valence-electron chi connectivity index (χ4n) is 5.52. The van der Waals surface area contributed by atoms with E-state index in [1.54, 1.807) is 48.8 Å². The van der Waals surface area contributed by atoms with Crippen molar-refractivity contribution in [3.8, 4) is 10.8 Å². The van der Waals surface area contributed by atoms with Gasteiger partial charge >= 0.3 is 5.69 Å². The molecule has 5 rings (SSSR count). The summed E-state index contributed by atoms with van der Waals surface area (Å²) < 4.78 is 29.9. The molecule has 11 nitrogen and oxygen atoms in total. The summed E-state index contributed by atoms with van der Waals surface area (Å²) in [5, 5.41) is 15.1. The van der Waals surface area contributed by atoms with Gasteiger partial charge in [0, 0.05) is 36.6 Å². The van der Waals surface area contributed by atoms with Crippen molar-refractivity contribution in [2.24, 2.45) is 0 Å². The van der Waals surface area contributed by atoms with Crippen LogP contribution >= 0.6 is 11.3 Å². The van der Waals surface area contributed by atoms with Crippen molar-refractivity contribution < 1.29 is 23.8 Å². The number of likely N-dealkylation sites (tertiary alicyclic amines) is 1. The molecule has 0 unspecified atom stereocenters. The van der Waals surface area contributed by atoms with E-state index in [0.29, 0.717) is 34.2 Å². The quantitative estimate of drug-likeness (QED) is 0.279. The average Bonchev–Trinajstić information content (AvgIpc) is 3.74. The van der Waals surface area contributed by atoms with Crippen LogP contribution in [-0.4, -0.2) is 55.0 Å². The van der Waals surface area contributed by atoms with Gasteiger partial charge in [-0.05, 0) is 64.8 Å². The molecule has 4 aromatic rings. The molecule has 1 aromatic carbocycles. The number of thiophene rings is 1. The van der Waals surface area contributed by atoms with E-state index in [4.69, 9.17) is 9.47 Å². The molecule has 1 saturated heterocycles. The van der Waals surface area contributed by atoms with E-state index >= 15 is 0 Å². The average molecular weight is 612 g/mol. The summed E-state index contributed by atoms with van der Waals surface area (Å²) in [7, 11) is 1.43. The number of ether oxygens (including phenoxy) is 2. The molecule has 0 saturated carbocycles. The number of aromatic nitrogens is 4. The molecule has 1 aliphatic heterocycles. The van der Waals surface area contributed by atoms with Crippen molar-refractivity contribution in [2.45, 2.75) is 58.7 Å². The Bertz CT molecular complexity index is 1810. The molecule has 0 spiro atoms. The van der Waals surface area contributed by atoms with Crippen molar-refractivity contribution in [1.82, 2.24) is 23.8 Å². The van der Waals surface area contributed by atoms with E-state index in [1.807, 2.05) is 0 Å². The number of aryl methyl sites for hydroxylation is 1. The van der Waals surface area contributed by atoms with Gasteiger partial charge in [-0.2, -0.15) is 5.10 Å². The summed E-state index contributed by atoms with van der Waals surface area (Å²) in [6, 6.07) is 5.66. The van der Waals surface area contributed by atoms with Crippen LogP contribution in [0.25, 0.3) is 15.2 Å². The smallest absolute Gasteiger partial charge is 0.333 e. The fourth-order valence-corrected chi connectivity index (χ4v) is 6.76. The van der Waals surface area contributed by atoms with Crippen LogP contribution in [0.4, 0.5) is 4.39 Å². The minimum Gasteiger partial charge on any atom is -0.509 e. The minimum absolute atomic E-state index is 0.145. The van der Waals surface area contributed by atoms with Crippen molar-refractivity contribution >= 4 is 27.5 Å². The lowest BCUT2D eigenvalue weighted by atomic mass is 10.0. The maximum Gasteiger partial charge on any atom is 0.333 e. The van der Waals surface area contributed by atoms with Crippen LogP contribution in [0, 0.1) is 12.7 Å². The molecular formula is C30H34FN5O6S. The van der Waals surface area contributed by atoms with Crippen LogP contribution in [-0.2, 0) is 21.6 Å². The van der Waals surface area contributed by atoms with E-state index in [9.17, 15) is 23.9 Å². The number of allylic oxidation sites excluding steroid dienone is 1. The fraction of sp³-hybridized carbons (Fsp3) is 0.400. The number of methoxy groups -OCH3 is 1. The number of benzene rings is 1. The SMILES string of the molecule is COc1ccc(F)cc1[C@H](Cn1c(=O)n(C(C)(C)C(=O)N2CCCC2)c(=O)c2c(C)c(-n3cccn3)sc21)O/C=C(\C)O. The lowest BCUT2D eigenvalue weighted by Gasteiger charge is -2.31. The maximum atomic E-state index is 14.5. The normalized spacial score (nSPS) is 14.8. The number of carbonyl (C=O) groups excluding carboxylic acids is 1. The molecule has 13 heteroatoms. The molecule has 1 amide bonds. The number of fused-ring (bicyclic) bond motifs is 1. The molecule has 1 N–H and O–H groups in total. The van der Waals surface area contributed by atoms with E-state index < -0.39 is 28.7 Å². The van der Waals surface area contributed by atoms with Gasteiger partial charge < -0.3 is 19.5 Å². The van der Waals surface area contributed by atoms with Gasteiger partial charge in [0.25, 0.3) is 5.56 Å². The van der Waals surface area contributed by atoms with Crippen molar-refractivity contribution in [3.05, 3.63) is 86.5 Å². The van der Waals surface area contributed by atoms with E-state index in [0.717, 1.165) is 23.7 Å². The van der Waals surface area contributed by atoms with Crippen LogP contribution in [0.3, 0.4) is 0 Å². The molecular weight excluding hydrogens is 577 g/mol. The molecule has 1 fully saturated rings. The largest absolute Gasteiger partial charge is 0.509 e. The number of aliphatic hydroxyl groups excluding tert-OH is 1. The third kappa shape index (κ3) is 5.44. The van der Waals surface area contributed by atoms with Crippen LogP contribution in [0.2, 0.25) is 0 Å². The zero-order valence-corrected chi connectivity index (χ0v) is 25.5. The Morgan fingerprint density at radius 3 is 2.60 bits per heavy atom. The first-order valence-corrected chi connectivity index (χ1v) is 14.7. The predicted octanol–water partition coefficient (Wildman–Crippen LogP) is 4.40. The topological polar surface area (TPSA) is 121 Å². The third-order valence-corrected chi connectivity index (χ3v) is 8.97. The molecule has 1 aliphatic rings. The number of aliphatic hydroxyl groups is 1. The van der Waals surface area contributed by atoms with Gasteiger partial charge in [-0.3, -0.25) is 14.2 Å². The third-order valence-electron chi connectivity index (χ3n) is 7.67. The van der Waals surface area contributed by atoms with Gasteiger partial charge in [0.1, 0.15) is 45.1 Å². The summed E-state index contributed by atoms with van der Waals surface area (Å²) in [6.45, 7) is 7.23. The van der Waals surface area contributed by atoms with Gasteiger partial charge in [-0.25, -0.2) is 18.4 Å². The van der Waals surface area contributed by atoms with Gasteiger partial charge in [-0.15, -0.1) is 0 Å². The highest BCUT2D eigenvalue weighted by atomic mass is 32.1. The Hall–Kier alpha value is -4.39. The van der Waals surface area contributed by atoms with Crippen molar-refractivity contribution in [2.75, 3.05) is 20.2 Å². The first kappa shape index (κ1) is 30.1. The van der Waals surface area contributed by atoms with Crippen molar-refractivity contribution in [1.29, 1.82) is 0 Å². The van der Waals surface area contributed by atoms with Crippen molar-refractivity contribution in [3.63, 3.8) is 0 Å². The second-order valence-corrected chi connectivity index (χ2v) is 12.0. The maximum absolute atomic E-state index is 14.5. The Labute approximate surface area is 251 Å². The molecule has 43 heavy (non-hydrogen) atoms. The minimum atomic E-state index is -1.51. The van der Waals surface area contributed by atoms with Crippen LogP contribution in [0.15, 0.2) is 58.3 Å².